The average Bonchev–Trinajstić information content (AvgIpc) is 2.85. The Balaban J connectivity index is 1.72. The highest BCUT2D eigenvalue weighted by atomic mass is 32.1. The lowest BCUT2D eigenvalue weighted by atomic mass is 10.1. The zero-order valence-electron chi connectivity index (χ0n) is 11.1. The predicted octanol–water partition coefficient (Wildman–Crippen LogP) is 1.44. The molecule has 1 N–H and O–H groups in total. The molecule has 0 aromatic carbocycles. The van der Waals surface area contributed by atoms with E-state index >= 15 is 0 Å². The van der Waals surface area contributed by atoms with Gasteiger partial charge >= 0.3 is 5.97 Å². The molecule has 2 unspecified atom stereocenters. The molecule has 2 saturated heterocycles. The summed E-state index contributed by atoms with van der Waals surface area (Å²) in [7, 11) is 2.23. The number of aromatic nitrogens is 1. The molecule has 2 atom stereocenters. The SMILES string of the molecule is CN1C2CCC1CN(c1nc(CC(=O)O)cs1)CC2. The molecule has 0 amide bonds. The number of thiazole rings is 1. The van der Waals surface area contributed by atoms with Crippen molar-refractivity contribution >= 4 is 22.4 Å². The fraction of sp³-hybridized carbons (Fsp3) is 0.692. The van der Waals surface area contributed by atoms with E-state index in [1.165, 1.54) is 19.3 Å². The molecular formula is C13H19N3O2S. The lowest BCUT2D eigenvalue weighted by molar-refractivity contribution is -0.136. The number of rotatable bonds is 3. The van der Waals surface area contributed by atoms with Gasteiger partial charge in [-0.15, -0.1) is 11.3 Å². The third-order valence-corrected chi connectivity index (χ3v) is 5.24. The summed E-state index contributed by atoms with van der Waals surface area (Å²) in [6.07, 6.45) is 3.79. The molecule has 0 aliphatic carbocycles. The molecule has 2 aliphatic rings. The highest BCUT2D eigenvalue weighted by molar-refractivity contribution is 7.13. The molecule has 104 valence electrons. The standard InChI is InChI=1S/C13H19N3O2S/c1-15-10-2-3-11(15)7-16(5-4-10)13-14-9(8-19-13)6-12(17)18/h8,10-11H,2-7H2,1H3,(H,17,18). The molecule has 0 spiro atoms. The Labute approximate surface area is 116 Å². The molecule has 0 saturated carbocycles. The van der Waals surface area contributed by atoms with Crippen LogP contribution in [-0.2, 0) is 11.2 Å². The molecule has 6 heteroatoms. The van der Waals surface area contributed by atoms with Crippen LogP contribution in [0.15, 0.2) is 5.38 Å². The van der Waals surface area contributed by atoms with Crippen LogP contribution in [0.4, 0.5) is 5.13 Å². The summed E-state index contributed by atoms with van der Waals surface area (Å²) < 4.78 is 0. The summed E-state index contributed by atoms with van der Waals surface area (Å²) in [6.45, 7) is 2.05. The van der Waals surface area contributed by atoms with Gasteiger partial charge in [0, 0.05) is 30.6 Å². The van der Waals surface area contributed by atoms with Crippen molar-refractivity contribution in [1.29, 1.82) is 0 Å². The Kier molecular flexibility index (Phi) is 3.45. The van der Waals surface area contributed by atoms with E-state index in [4.69, 9.17) is 5.11 Å². The van der Waals surface area contributed by atoms with Crippen LogP contribution in [0.1, 0.15) is 25.0 Å². The largest absolute Gasteiger partial charge is 0.481 e. The van der Waals surface area contributed by atoms with Crippen LogP contribution < -0.4 is 4.90 Å². The summed E-state index contributed by atoms with van der Waals surface area (Å²) in [5, 5.41) is 11.7. The summed E-state index contributed by atoms with van der Waals surface area (Å²) >= 11 is 1.57. The summed E-state index contributed by atoms with van der Waals surface area (Å²) in [5.41, 5.74) is 0.676. The topological polar surface area (TPSA) is 56.7 Å². The van der Waals surface area contributed by atoms with E-state index in [2.05, 4.69) is 21.8 Å². The van der Waals surface area contributed by atoms with Gasteiger partial charge in [-0.2, -0.15) is 0 Å². The van der Waals surface area contributed by atoms with Gasteiger partial charge in [-0.3, -0.25) is 9.69 Å². The van der Waals surface area contributed by atoms with E-state index in [0.717, 1.165) is 18.2 Å². The van der Waals surface area contributed by atoms with E-state index in [9.17, 15) is 4.79 Å². The van der Waals surface area contributed by atoms with Crippen molar-refractivity contribution in [3.05, 3.63) is 11.1 Å². The van der Waals surface area contributed by atoms with Gasteiger partial charge in [0.05, 0.1) is 12.1 Å². The third kappa shape index (κ3) is 2.60. The molecule has 2 aliphatic heterocycles. The molecule has 19 heavy (non-hydrogen) atoms. The van der Waals surface area contributed by atoms with Gasteiger partial charge in [-0.1, -0.05) is 0 Å². The highest BCUT2D eigenvalue weighted by Crippen LogP contribution is 2.31. The van der Waals surface area contributed by atoms with E-state index in [-0.39, 0.29) is 6.42 Å². The lowest BCUT2D eigenvalue weighted by Gasteiger charge is -2.25. The van der Waals surface area contributed by atoms with Crippen molar-refractivity contribution in [2.24, 2.45) is 0 Å². The van der Waals surface area contributed by atoms with Crippen LogP contribution in [0, 0.1) is 0 Å². The number of hydrogen-bond acceptors (Lipinski definition) is 5. The van der Waals surface area contributed by atoms with Crippen LogP contribution in [0.5, 0.6) is 0 Å². The van der Waals surface area contributed by atoms with Crippen LogP contribution in [0.3, 0.4) is 0 Å². The number of carboxylic acid groups (broad SMARTS) is 1. The predicted molar refractivity (Wildman–Crippen MR) is 74.9 cm³/mol. The van der Waals surface area contributed by atoms with Crippen molar-refractivity contribution in [3.63, 3.8) is 0 Å². The fourth-order valence-corrected chi connectivity index (χ4v) is 4.02. The molecule has 2 fully saturated rings. The Morgan fingerprint density at radius 2 is 2.26 bits per heavy atom. The zero-order chi connectivity index (χ0) is 13.4. The minimum atomic E-state index is -0.813. The van der Waals surface area contributed by atoms with E-state index in [1.807, 2.05) is 5.38 Å². The number of likely N-dealkylation sites (N-methyl/N-ethyl adjacent to an activating group) is 1. The first-order valence-electron chi connectivity index (χ1n) is 6.76. The van der Waals surface area contributed by atoms with Crippen LogP contribution in [0.2, 0.25) is 0 Å². The van der Waals surface area contributed by atoms with Gasteiger partial charge < -0.3 is 10.0 Å². The Morgan fingerprint density at radius 3 is 3.05 bits per heavy atom. The molecule has 2 bridgehead atoms. The van der Waals surface area contributed by atoms with Gasteiger partial charge in [0.2, 0.25) is 0 Å². The van der Waals surface area contributed by atoms with E-state index < -0.39 is 5.97 Å². The maximum absolute atomic E-state index is 10.7. The van der Waals surface area contributed by atoms with Crippen LogP contribution in [0.25, 0.3) is 0 Å². The molecule has 3 heterocycles. The first-order valence-corrected chi connectivity index (χ1v) is 7.64. The molecule has 1 aromatic heterocycles. The fourth-order valence-electron chi connectivity index (χ4n) is 3.16. The smallest absolute Gasteiger partial charge is 0.309 e. The van der Waals surface area contributed by atoms with E-state index in [1.54, 1.807) is 11.3 Å². The van der Waals surface area contributed by atoms with Crippen LogP contribution >= 0.6 is 11.3 Å². The highest BCUT2D eigenvalue weighted by Gasteiger charge is 2.35. The van der Waals surface area contributed by atoms with Crippen molar-refractivity contribution in [2.75, 3.05) is 25.0 Å². The summed E-state index contributed by atoms with van der Waals surface area (Å²) in [4.78, 5) is 20.0. The molecule has 5 nitrogen and oxygen atoms in total. The van der Waals surface area contributed by atoms with Crippen molar-refractivity contribution in [3.8, 4) is 0 Å². The quantitative estimate of drug-likeness (QED) is 0.908. The van der Waals surface area contributed by atoms with Gasteiger partial charge in [0.25, 0.3) is 0 Å². The number of anilines is 1. The van der Waals surface area contributed by atoms with Gasteiger partial charge in [0.15, 0.2) is 5.13 Å². The first kappa shape index (κ1) is 12.9. The second-order valence-corrected chi connectivity index (χ2v) is 6.31. The summed E-state index contributed by atoms with van der Waals surface area (Å²) in [5.74, 6) is -0.813. The number of fused-ring (bicyclic) bond motifs is 2. The van der Waals surface area contributed by atoms with Gasteiger partial charge in [-0.25, -0.2) is 4.98 Å². The second kappa shape index (κ2) is 5.09. The third-order valence-electron chi connectivity index (χ3n) is 4.29. The molecular weight excluding hydrogens is 262 g/mol. The number of carbonyl (C=O) groups is 1. The van der Waals surface area contributed by atoms with E-state index in [0.29, 0.717) is 17.8 Å². The maximum Gasteiger partial charge on any atom is 0.309 e. The number of nitrogens with zero attached hydrogens (tertiary/aromatic N) is 3. The molecule has 0 radical (unpaired) electrons. The first-order chi connectivity index (χ1) is 9.13. The Bertz CT molecular complexity index is 476. The number of aliphatic carboxylic acids is 1. The van der Waals surface area contributed by atoms with Crippen molar-refractivity contribution in [1.82, 2.24) is 9.88 Å². The normalized spacial score (nSPS) is 27.5. The lowest BCUT2D eigenvalue weighted by Crippen LogP contribution is -2.36. The van der Waals surface area contributed by atoms with Crippen LogP contribution in [-0.4, -0.2) is 53.2 Å². The molecule has 1 aromatic rings. The average molecular weight is 281 g/mol. The minimum absolute atomic E-state index is 0.0241. The molecule has 3 rings (SSSR count). The van der Waals surface area contributed by atoms with Gasteiger partial charge in [0.1, 0.15) is 0 Å². The summed E-state index contributed by atoms with van der Waals surface area (Å²) in [6, 6.07) is 1.34. The Morgan fingerprint density at radius 1 is 1.47 bits per heavy atom. The monoisotopic (exact) mass is 281 g/mol. The maximum atomic E-state index is 10.7. The van der Waals surface area contributed by atoms with Crippen molar-refractivity contribution < 1.29 is 9.90 Å². The minimum Gasteiger partial charge on any atom is -0.481 e. The number of carboxylic acids is 1. The zero-order valence-corrected chi connectivity index (χ0v) is 11.9. The second-order valence-electron chi connectivity index (χ2n) is 5.48. The number of hydrogen-bond donors (Lipinski definition) is 1. The van der Waals surface area contributed by atoms with Gasteiger partial charge in [-0.05, 0) is 26.3 Å². The van der Waals surface area contributed by atoms with Crippen molar-refractivity contribution in [2.45, 2.75) is 37.8 Å². The Hall–Kier alpha value is -1.14.